The number of hydrogen-bond acceptors (Lipinski definition) is 5. The number of carbonyl (C=O) groups excluding carboxylic acids is 2. The molecule has 0 saturated carbocycles. The summed E-state index contributed by atoms with van der Waals surface area (Å²) in [6.45, 7) is 5.21. The number of piperazine rings is 1. The van der Waals surface area contributed by atoms with Crippen molar-refractivity contribution in [1.29, 1.82) is 0 Å². The van der Waals surface area contributed by atoms with Crippen molar-refractivity contribution in [3.63, 3.8) is 0 Å². The minimum Gasteiger partial charge on any atom is -0.383 e. The highest BCUT2D eigenvalue weighted by Crippen LogP contribution is 1.98. The number of nitrogens with one attached hydrogen (secondary N) is 2. The largest absolute Gasteiger partial charge is 0.383 e. The molecule has 0 aromatic carbocycles. The van der Waals surface area contributed by atoms with E-state index in [9.17, 15) is 9.59 Å². The summed E-state index contributed by atoms with van der Waals surface area (Å²) in [4.78, 5) is 27.3. The molecule has 1 rings (SSSR count). The third-order valence-electron chi connectivity index (χ3n) is 3.22. The van der Waals surface area contributed by atoms with E-state index in [4.69, 9.17) is 4.74 Å². The van der Waals surface area contributed by atoms with Crippen molar-refractivity contribution >= 4 is 11.8 Å². The van der Waals surface area contributed by atoms with Crippen molar-refractivity contribution in [2.24, 2.45) is 0 Å². The zero-order valence-electron chi connectivity index (χ0n) is 12.5. The highest BCUT2D eigenvalue weighted by Gasteiger charge is 2.16. The average Bonchev–Trinajstić information content (AvgIpc) is 2.46. The van der Waals surface area contributed by atoms with E-state index in [0.717, 1.165) is 26.2 Å². The van der Waals surface area contributed by atoms with Crippen molar-refractivity contribution in [2.45, 2.75) is 6.42 Å². The molecule has 0 aromatic rings. The van der Waals surface area contributed by atoms with Gasteiger partial charge in [-0.3, -0.25) is 14.5 Å². The minimum absolute atomic E-state index is 0.0424. The molecule has 0 radical (unpaired) electrons. The second kappa shape index (κ2) is 9.68. The molecule has 2 N–H and O–H groups in total. The zero-order valence-corrected chi connectivity index (χ0v) is 12.5. The Morgan fingerprint density at radius 1 is 1.35 bits per heavy atom. The van der Waals surface area contributed by atoms with E-state index in [1.54, 1.807) is 7.11 Å². The molecule has 20 heavy (non-hydrogen) atoms. The smallest absolute Gasteiger partial charge is 0.234 e. The van der Waals surface area contributed by atoms with Gasteiger partial charge in [0.15, 0.2) is 0 Å². The molecule has 1 aliphatic heterocycles. The maximum atomic E-state index is 12.0. The molecule has 7 heteroatoms. The van der Waals surface area contributed by atoms with Gasteiger partial charge in [0.1, 0.15) is 0 Å². The summed E-state index contributed by atoms with van der Waals surface area (Å²) < 4.78 is 4.86. The fourth-order valence-corrected chi connectivity index (χ4v) is 2.03. The Morgan fingerprint density at radius 2 is 2.05 bits per heavy atom. The second-order valence-corrected chi connectivity index (χ2v) is 4.96. The topological polar surface area (TPSA) is 73.9 Å². The van der Waals surface area contributed by atoms with Gasteiger partial charge >= 0.3 is 0 Å². The number of rotatable bonds is 8. The predicted octanol–water partition coefficient (Wildman–Crippen LogP) is -1.50. The van der Waals surface area contributed by atoms with Crippen molar-refractivity contribution < 1.29 is 14.3 Å². The van der Waals surface area contributed by atoms with Gasteiger partial charge in [0.05, 0.1) is 13.2 Å². The van der Waals surface area contributed by atoms with Crippen LogP contribution in [0.4, 0.5) is 0 Å². The van der Waals surface area contributed by atoms with Crippen molar-refractivity contribution in [3.05, 3.63) is 0 Å². The van der Waals surface area contributed by atoms with Gasteiger partial charge in [-0.05, 0) is 7.05 Å². The first-order valence-corrected chi connectivity index (χ1v) is 7.06. The minimum atomic E-state index is -0.0424. The lowest BCUT2D eigenvalue weighted by Crippen LogP contribution is -2.47. The fourth-order valence-electron chi connectivity index (χ4n) is 2.03. The number of carbonyl (C=O) groups is 2. The van der Waals surface area contributed by atoms with Gasteiger partial charge in [-0.15, -0.1) is 0 Å². The number of hydrogen-bond donors (Lipinski definition) is 2. The molecule has 1 fully saturated rings. The van der Waals surface area contributed by atoms with Crippen molar-refractivity contribution in [2.75, 3.05) is 66.6 Å². The summed E-state index contributed by atoms with van der Waals surface area (Å²) >= 11 is 0. The van der Waals surface area contributed by atoms with Gasteiger partial charge in [0, 0.05) is 52.8 Å². The first-order chi connectivity index (χ1) is 9.63. The maximum absolute atomic E-state index is 12.0. The average molecular weight is 286 g/mol. The molecule has 0 spiro atoms. The van der Waals surface area contributed by atoms with Crippen LogP contribution in [-0.4, -0.2) is 88.2 Å². The first kappa shape index (κ1) is 16.9. The molecule has 0 aromatic heterocycles. The van der Waals surface area contributed by atoms with E-state index >= 15 is 0 Å². The molecule has 0 bridgehead atoms. The van der Waals surface area contributed by atoms with Crippen LogP contribution in [0.2, 0.25) is 0 Å². The van der Waals surface area contributed by atoms with Crippen LogP contribution in [0.15, 0.2) is 0 Å². The molecule has 1 heterocycles. The quantitative estimate of drug-likeness (QED) is 0.532. The Bertz CT molecular complexity index is 306. The lowest BCUT2D eigenvalue weighted by molar-refractivity contribution is -0.132. The van der Waals surface area contributed by atoms with Gasteiger partial charge in [0.2, 0.25) is 11.8 Å². The molecular formula is C13H26N4O3. The lowest BCUT2D eigenvalue weighted by atomic mass is 10.3. The van der Waals surface area contributed by atoms with Crippen molar-refractivity contribution in [1.82, 2.24) is 20.4 Å². The van der Waals surface area contributed by atoms with Gasteiger partial charge < -0.3 is 20.3 Å². The van der Waals surface area contributed by atoms with Crippen LogP contribution in [0.1, 0.15) is 6.42 Å². The highest BCUT2D eigenvalue weighted by atomic mass is 16.5. The Kier molecular flexibility index (Phi) is 8.17. The third-order valence-corrected chi connectivity index (χ3v) is 3.22. The van der Waals surface area contributed by atoms with Crippen LogP contribution >= 0.6 is 0 Å². The monoisotopic (exact) mass is 286 g/mol. The zero-order chi connectivity index (χ0) is 14.8. The Balaban J connectivity index is 2.13. The van der Waals surface area contributed by atoms with Crippen LogP contribution in [0.25, 0.3) is 0 Å². The molecule has 0 aliphatic carbocycles. The molecule has 7 nitrogen and oxygen atoms in total. The first-order valence-electron chi connectivity index (χ1n) is 7.06. The fraction of sp³-hybridized carbons (Fsp3) is 0.846. The summed E-state index contributed by atoms with van der Waals surface area (Å²) in [6, 6.07) is 0. The van der Waals surface area contributed by atoms with Crippen molar-refractivity contribution in [3.8, 4) is 0 Å². The Hall–Kier alpha value is -1.18. The van der Waals surface area contributed by atoms with E-state index in [-0.39, 0.29) is 11.8 Å². The number of ether oxygens (including phenoxy) is 1. The Morgan fingerprint density at radius 3 is 2.70 bits per heavy atom. The van der Waals surface area contributed by atoms with E-state index in [2.05, 4.69) is 10.6 Å². The summed E-state index contributed by atoms with van der Waals surface area (Å²) in [6.07, 6.45) is 0.460. The second-order valence-electron chi connectivity index (χ2n) is 4.96. The molecule has 116 valence electrons. The van der Waals surface area contributed by atoms with E-state index in [0.29, 0.717) is 32.7 Å². The number of amides is 2. The standard InChI is InChI=1S/C13H26N4O3/c1-16(11-12(18)15-6-10-20-2)7-3-13(19)17-8-4-14-5-9-17/h14H,3-11H2,1-2H3,(H,15,18). The van der Waals surface area contributed by atoms with Gasteiger partial charge in [-0.1, -0.05) is 0 Å². The molecular weight excluding hydrogens is 260 g/mol. The molecule has 0 unspecified atom stereocenters. The van der Waals surface area contributed by atoms with Crippen LogP contribution in [0.3, 0.4) is 0 Å². The molecule has 1 aliphatic rings. The predicted molar refractivity (Wildman–Crippen MR) is 76.4 cm³/mol. The van der Waals surface area contributed by atoms with Crippen LogP contribution in [-0.2, 0) is 14.3 Å². The molecule has 1 saturated heterocycles. The summed E-state index contributed by atoms with van der Waals surface area (Å²) in [5, 5.41) is 5.97. The van der Waals surface area contributed by atoms with E-state index < -0.39 is 0 Å². The molecule has 0 atom stereocenters. The van der Waals surface area contributed by atoms with Crippen LogP contribution < -0.4 is 10.6 Å². The maximum Gasteiger partial charge on any atom is 0.234 e. The Labute approximate surface area is 120 Å². The highest BCUT2D eigenvalue weighted by molar-refractivity contribution is 5.78. The van der Waals surface area contributed by atoms with Crippen LogP contribution in [0, 0.1) is 0 Å². The third kappa shape index (κ3) is 6.83. The van der Waals surface area contributed by atoms with E-state index in [1.807, 2.05) is 16.8 Å². The van der Waals surface area contributed by atoms with E-state index in [1.165, 1.54) is 0 Å². The number of nitrogens with zero attached hydrogens (tertiary/aromatic N) is 2. The molecule has 2 amide bonds. The normalized spacial score (nSPS) is 15.4. The summed E-state index contributed by atoms with van der Waals surface area (Å²) in [7, 11) is 3.45. The summed E-state index contributed by atoms with van der Waals surface area (Å²) in [5.41, 5.74) is 0. The van der Waals surface area contributed by atoms with Crippen LogP contribution in [0.5, 0.6) is 0 Å². The van der Waals surface area contributed by atoms with Gasteiger partial charge in [-0.25, -0.2) is 0 Å². The summed E-state index contributed by atoms with van der Waals surface area (Å²) in [5.74, 6) is 0.123. The number of likely N-dealkylation sites (N-methyl/N-ethyl adjacent to an activating group) is 1. The number of methoxy groups -OCH3 is 1. The lowest BCUT2D eigenvalue weighted by Gasteiger charge is -2.28. The van der Waals surface area contributed by atoms with Gasteiger partial charge in [0.25, 0.3) is 0 Å². The van der Waals surface area contributed by atoms with Gasteiger partial charge in [-0.2, -0.15) is 0 Å². The SMILES string of the molecule is COCCNC(=O)CN(C)CCC(=O)N1CCNCC1.